The maximum atomic E-state index is 12.1. The van der Waals surface area contributed by atoms with Gasteiger partial charge in [0, 0.05) is 24.4 Å². The quantitative estimate of drug-likeness (QED) is 0.841. The predicted molar refractivity (Wildman–Crippen MR) is 87.0 cm³/mol. The van der Waals surface area contributed by atoms with Crippen LogP contribution in [0, 0.1) is 0 Å². The van der Waals surface area contributed by atoms with Crippen molar-refractivity contribution in [2.24, 2.45) is 0 Å². The van der Waals surface area contributed by atoms with Crippen LogP contribution in [0.1, 0.15) is 31.2 Å². The minimum Gasteiger partial charge on any atom is -0.309 e. The van der Waals surface area contributed by atoms with E-state index in [0.717, 1.165) is 24.9 Å². The van der Waals surface area contributed by atoms with E-state index in [-0.39, 0.29) is 6.04 Å². The summed E-state index contributed by atoms with van der Waals surface area (Å²) < 4.78 is 26.8. The molecule has 4 nitrogen and oxygen atoms in total. The number of thioether (sulfide) groups is 1. The third kappa shape index (κ3) is 4.45. The van der Waals surface area contributed by atoms with Crippen molar-refractivity contribution >= 4 is 21.8 Å². The van der Waals surface area contributed by atoms with Gasteiger partial charge in [-0.3, -0.25) is 0 Å². The first-order chi connectivity index (χ1) is 10.1. The van der Waals surface area contributed by atoms with Crippen LogP contribution in [0.25, 0.3) is 0 Å². The van der Waals surface area contributed by atoms with Gasteiger partial charge in [0.15, 0.2) is 0 Å². The summed E-state index contributed by atoms with van der Waals surface area (Å²) in [6.45, 7) is 0.807. The summed E-state index contributed by atoms with van der Waals surface area (Å²) in [5, 5.41) is 3.55. The predicted octanol–water partition coefficient (Wildman–Crippen LogP) is 2.11. The van der Waals surface area contributed by atoms with E-state index in [4.69, 9.17) is 0 Å². The molecule has 1 aromatic rings. The standard InChI is InChI=1S/C15H22N2O2S2/c18-21(19,17-13-5-6-13)15-7-3-12(4-8-15)10-16-14-2-1-9-20-11-14/h3-4,7-8,13-14,16-17H,1-2,5-6,9-11H2. The zero-order valence-electron chi connectivity index (χ0n) is 12.0. The van der Waals surface area contributed by atoms with E-state index in [2.05, 4.69) is 10.0 Å². The number of sulfonamides is 1. The highest BCUT2D eigenvalue weighted by molar-refractivity contribution is 7.99. The van der Waals surface area contributed by atoms with Crippen molar-refractivity contribution in [3.05, 3.63) is 29.8 Å². The largest absolute Gasteiger partial charge is 0.309 e. The number of hydrogen-bond acceptors (Lipinski definition) is 4. The van der Waals surface area contributed by atoms with Gasteiger partial charge < -0.3 is 5.32 Å². The highest BCUT2D eigenvalue weighted by Crippen LogP contribution is 2.22. The fourth-order valence-corrected chi connectivity index (χ4v) is 4.85. The molecule has 1 aromatic carbocycles. The molecule has 21 heavy (non-hydrogen) atoms. The molecule has 1 aliphatic carbocycles. The Bertz CT molecular complexity index is 562. The van der Waals surface area contributed by atoms with Gasteiger partial charge in [0.2, 0.25) is 10.0 Å². The highest BCUT2D eigenvalue weighted by Gasteiger charge is 2.27. The molecular weight excluding hydrogens is 304 g/mol. The molecule has 1 aliphatic heterocycles. The highest BCUT2D eigenvalue weighted by atomic mass is 32.2. The molecule has 116 valence electrons. The smallest absolute Gasteiger partial charge is 0.240 e. The lowest BCUT2D eigenvalue weighted by Gasteiger charge is -2.22. The first-order valence-corrected chi connectivity index (χ1v) is 10.2. The summed E-state index contributed by atoms with van der Waals surface area (Å²) in [6.07, 6.45) is 4.44. The summed E-state index contributed by atoms with van der Waals surface area (Å²) in [4.78, 5) is 0.367. The molecule has 2 N–H and O–H groups in total. The van der Waals surface area contributed by atoms with Crippen LogP contribution in [0.15, 0.2) is 29.2 Å². The normalized spacial score (nSPS) is 23.1. The number of benzene rings is 1. The van der Waals surface area contributed by atoms with Crippen LogP contribution in [0.3, 0.4) is 0 Å². The zero-order chi connectivity index (χ0) is 14.7. The summed E-state index contributed by atoms with van der Waals surface area (Å²) in [5.41, 5.74) is 1.14. The van der Waals surface area contributed by atoms with Crippen LogP contribution in [0.4, 0.5) is 0 Å². The van der Waals surface area contributed by atoms with Crippen molar-refractivity contribution in [3.8, 4) is 0 Å². The molecule has 1 saturated carbocycles. The van der Waals surface area contributed by atoms with E-state index < -0.39 is 10.0 Å². The van der Waals surface area contributed by atoms with Gasteiger partial charge in [-0.05, 0) is 49.1 Å². The molecule has 3 rings (SSSR count). The van der Waals surface area contributed by atoms with Crippen molar-refractivity contribution in [2.75, 3.05) is 11.5 Å². The van der Waals surface area contributed by atoms with Crippen molar-refractivity contribution in [1.82, 2.24) is 10.0 Å². The van der Waals surface area contributed by atoms with Gasteiger partial charge in [0.1, 0.15) is 0 Å². The minimum atomic E-state index is -3.32. The third-order valence-electron chi connectivity index (χ3n) is 3.89. The van der Waals surface area contributed by atoms with Crippen molar-refractivity contribution in [1.29, 1.82) is 0 Å². The molecule has 0 radical (unpaired) electrons. The second-order valence-electron chi connectivity index (χ2n) is 5.83. The van der Waals surface area contributed by atoms with Crippen molar-refractivity contribution in [2.45, 2.75) is 49.2 Å². The average Bonchev–Trinajstić information content (AvgIpc) is 3.30. The van der Waals surface area contributed by atoms with E-state index in [1.54, 1.807) is 12.1 Å². The molecule has 2 fully saturated rings. The first-order valence-electron chi connectivity index (χ1n) is 7.56. The molecule has 1 unspecified atom stereocenters. The van der Waals surface area contributed by atoms with Crippen molar-refractivity contribution in [3.63, 3.8) is 0 Å². The van der Waals surface area contributed by atoms with Crippen LogP contribution >= 0.6 is 11.8 Å². The molecule has 0 bridgehead atoms. The Balaban J connectivity index is 1.55. The maximum absolute atomic E-state index is 12.1. The van der Waals surface area contributed by atoms with Gasteiger partial charge in [-0.1, -0.05) is 12.1 Å². The Morgan fingerprint density at radius 1 is 1.10 bits per heavy atom. The number of nitrogens with one attached hydrogen (secondary N) is 2. The fourth-order valence-electron chi connectivity index (χ4n) is 2.44. The summed E-state index contributed by atoms with van der Waals surface area (Å²) in [6, 6.07) is 7.97. The Kier molecular flexibility index (Phi) is 4.88. The van der Waals surface area contributed by atoms with E-state index in [9.17, 15) is 8.42 Å². The SMILES string of the molecule is O=S(=O)(NC1CC1)c1ccc(CNC2CCCSC2)cc1. The summed E-state index contributed by atoms with van der Waals surface area (Å²) >= 11 is 2.01. The molecule has 1 saturated heterocycles. The first kappa shape index (κ1) is 15.3. The molecule has 2 aliphatic rings. The zero-order valence-corrected chi connectivity index (χ0v) is 13.7. The Labute approximate surface area is 131 Å². The minimum absolute atomic E-state index is 0.153. The van der Waals surface area contributed by atoms with Gasteiger partial charge in [0.25, 0.3) is 0 Å². The van der Waals surface area contributed by atoms with Crippen LogP contribution in [-0.2, 0) is 16.6 Å². The van der Waals surface area contributed by atoms with Gasteiger partial charge in [-0.25, -0.2) is 13.1 Å². The Morgan fingerprint density at radius 2 is 1.86 bits per heavy atom. The molecule has 1 heterocycles. The fraction of sp³-hybridized carbons (Fsp3) is 0.600. The topological polar surface area (TPSA) is 58.2 Å². The molecular formula is C15H22N2O2S2. The van der Waals surface area contributed by atoms with Crippen LogP contribution in [0.5, 0.6) is 0 Å². The monoisotopic (exact) mass is 326 g/mol. The lowest BCUT2D eigenvalue weighted by Crippen LogP contribution is -2.33. The maximum Gasteiger partial charge on any atom is 0.240 e. The molecule has 1 atom stereocenters. The molecule has 6 heteroatoms. The lowest BCUT2D eigenvalue weighted by atomic mass is 10.1. The van der Waals surface area contributed by atoms with Crippen LogP contribution in [0.2, 0.25) is 0 Å². The molecule has 0 spiro atoms. The molecule has 0 amide bonds. The molecule has 0 aromatic heterocycles. The van der Waals surface area contributed by atoms with Gasteiger partial charge in [0.05, 0.1) is 4.90 Å². The summed E-state index contributed by atoms with van der Waals surface area (Å²) in [7, 11) is -3.32. The third-order valence-corrected chi connectivity index (χ3v) is 6.64. The van der Waals surface area contributed by atoms with Crippen molar-refractivity contribution < 1.29 is 8.42 Å². The van der Waals surface area contributed by atoms with Gasteiger partial charge in [-0.2, -0.15) is 11.8 Å². The average molecular weight is 326 g/mol. The van der Waals surface area contributed by atoms with E-state index in [0.29, 0.717) is 10.9 Å². The van der Waals surface area contributed by atoms with Gasteiger partial charge in [-0.15, -0.1) is 0 Å². The second-order valence-corrected chi connectivity index (χ2v) is 8.70. The number of hydrogen-bond donors (Lipinski definition) is 2. The lowest BCUT2D eigenvalue weighted by molar-refractivity contribution is 0.507. The van der Waals surface area contributed by atoms with Crippen LogP contribution < -0.4 is 10.0 Å². The van der Waals surface area contributed by atoms with E-state index in [1.165, 1.54) is 24.3 Å². The second kappa shape index (κ2) is 6.69. The van der Waals surface area contributed by atoms with Gasteiger partial charge >= 0.3 is 0 Å². The van der Waals surface area contributed by atoms with E-state index >= 15 is 0 Å². The summed E-state index contributed by atoms with van der Waals surface area (Å²) in [5.74, 6) is 2.45. The van der Waals surface area contributed by atoms with E-state index in [1.807, 2.05) is 23.9 Å². The Morgan fingerprint density at radius 3 is 2.48 bits per heavy atom. The van der Waals surface area contributed by atoms with Crippen LogP contribution in [-0.4, -0.2) is 32.0 Å². The Hall–Kier alpha value is -0.560. The number of rotatable bonds is 6.